The molecule has 0 bridgehead atoms. The number of benzene rings is 3. The van der Waals surface area contributed by atoms with Crippen LogP contribution in [0, 0.1) is 6.92 Å². The fourth-order valence-electron chi connectivity index (χ4n) is 3.49. The van der Waals surface area contributed by atoms with Crippen LogP contribution in [0.3, 0.4) is 0 Å². The number of amides is 2. The smallest absolute Gasteiger partial charge is 0.319 e. The van der Waals surface area contributed by atoms with Crippen molar-refractivity contribution in [3.05, 3.63) is 71.8 Å². The minimum atomic E-state index is -0.240. The van der Waals surface area contributed by atoms with Crippen LogP contribution in [0.15, 0.2) is 60.7 Å². The van der Waals surface area contributed by atoms with E-state index in [1.165, 1.54) is 10.3 Å². The van der Waals surface area contributed by atoms with E-state index in [0.717, 1.165) is 33.1 Å². The van der Waals surface area contributed by atoms with Crippen LogP contribution in [0.25, 0.3) is 20.8 Å². The summed E-state index contributed by atoms with van der Waals surface area (Å²) in [5, 5.41) is 6.74. The number of nitrogens with zero attached hydrogens (tertiary/aromatic N) is 1. The Morgan fingerprint density at radius 1 is 1.03 bits per heavy atom. The van der Waals surface area contributed by atoms with Gasteiger partial charge in [-0.05, 0) is 79.9 Å². The summed E-state index contributed by atoms with van der Waals surface area (Å²) in [4.78, 5) is 17.0. The Kier molecular flexibility index (Phi) is 7.10. The van der Waals surface area contributed by atoms with Crippen molar-refractivity contribution in [2.75, 3.05) is 25.6 Å². The van der Waals surface area contributed by atoms with Crippen LogP contribution in [-0.4, -0.2) is 31.3 Å². The first-order valence-corrected chi connectivity index (χ1v) is 11.7. The van der Waals surface area contributed by atoms with Crippen LogP contribution in [0.2, 0.25) is 0 Å². The minimum absolute atomic E-state index is 0.240. The largest absolute Gasteiger partial charge is 0.493 e. The lowest BCUT2D eigenvalue weighted by Crippen LogP contribution is -2.30. The van der Waals surface area contributed by atoms with E-state index in [2.05, 4.69) is 29.7 Å². The van der Waals surface area contributed by atoms with Gasteiger partial charge in [0.2, 0.25) is 0 Å². The van der Waals surface area contributed by atoms with E-state index in [-0.39, 0.29) is 6.03 Å². The molecule has 0 radical (unpaired) electrons. The Bertz CT molecular complexity index is 1250. The normalized spacial score (nSPS) is 10.8. The molecule has 1 aromatic heterocycles. The van der Waals surface area contributed by atoms with Gasteiger partial charge >= 0.3 is 6.03 Å². The fraction of sp³-hybridized carbons (Fsp3) is 0.231. The third-order valence-electron chi connectivity index (χ3n) is 5.16. The second-order valence-electron chi connectivity index (χ2n) is 7.62. The molecule has 0 atom stereocenters. The first-order chi connectivity index (χ1) is 16.1. The van der Waals surface area contributed by atoms with Crippen molar-refractivity contribution in [2.45, 2.75) is 20.3 Å². The Morgan fingerprint density at radius 2 is 1.85 bits per heavy atom. The van der Waals surface area contributed by atoms with Crippen molar-refractivity contribution in [1.82, 2.24) is 10.3 Å². The molecule has 0 saturated heterocycles. The third-order valence-corrected chi connectivity index (χ3v) is 6.23. The molecular weight excluding hydrogens is 434 g/mol. The third kappa shape index (κ3) is 5.62. The lowest BCUT2D eigenvalue weighted by Gasteiger charge is -2.12. The maximum Gasteiger partial charge on any atom is 0.319 e. The zero-order valence-corrected chi connectivity index (χ0v) is 19.8. The second kappa shape index (κ2) is 10.4. The zero-order chi connectivity index (χ0) is 23.2. The molecule has 3 aromatic carbocycles. The topological polar surface area (TPSA) is 72.5 Å². The summed E-state index contributed by atoms with van der Waals surface area (Å²) in [7, 11) is 1.62. The highest BCUT2D eigenvalue weighted by Gasteiger charge is 2.09. The Morgan fingerprint density at radius 3 is 2.61 bits per heavy atom. The number of hydrogen-bond acceptors (Lipinski definition) is 5. The van der Waals surface area contributed by atoms with Gasteiger partial charge in [0, 0.05) is 17.8 Å². The number of hydrogen-bond donors (Lipinski definition) is 2. The van der Waals surface area contributed by atoms with E-state index >= 15 is 0 Å². The number of fused-ring (bicyclic) bond motifs is 1. The number of aromatic nitrogens is 1. The summed E-state index contributed by atoms with van der Waals surface area (Å²) in [5.41, 5.74) is 5.06. The lowest BCUT2D eigenvalue weighted by molar-refractivity contribution is 0.252. The molecule has 4 rings (SSSR count). The standard InChI is InChI=1S/C26H27N3O3S/c1-4-32-22-12-6-18(16-23(22)31-3)13-14-27-26(30)28-20-9-7-19(8-10-20)25-29-21-11-5-17(2)15-24(21)33-25/h5-12,15-16H,4,13-14H2,1-3H3,(H2,27,28,30). The van der Waals surface area contributed by atoms with Gasteiger partial charge in [-0.15, -0.1) is 11.3 Å². The van der Waals surface area contributed by atoms with Gasteiger partial charge < -0.3 is 20.1 Å². The molecule has 0 spiro atoms. The van der Waals surface area contributed by atoms with Crippen molar-refractivity contribution in [3.63, 3.8) is 0 Å². The van der Waals surface area contributed by atoms with Gasteiger partial charge in [-0.3, -0.25) is 0 Å². The Balaban J connectivity index is 1.30. The molecule has 33 heavy (non-hydrogen) atoms. The van der Waals surface area contributed by atoms with E-state index in [1.807, 2.05) is 55.5 Å². The number of carbonyl (C=O) groups is 1. The number of aryl methyl sites for hydroxylation is 1. The maximum absolute atomic E-state index is 12.3. The van der Waals surface area contributed by atoms with Gasteiger partial charge in [0.1, 0.15) is 5.01 Å². The lowest BCUT2D eigenvalue weighted by atomic mass is 10.1. The molecule has 170 valence electrons. The highest BCUT2D eigenvalue weighted by atomic mass is 32.1. The van der Waals surface area contributed by atoms with Gasteiger partial charge in [0.15, 0.2) is 11.5 Å². The summed E-state index contributed by atoms with van der Waals surface area (Å²) >= 11 is 1.67. The van der Waals surface area contributed by atoms with Crippen LogP contribution in [-0.2, 0) is 6.42 Å². The highest BCUT2D eigenvalue weighted by Crippen LogP contribution is 2.31. The molecule has 0 aliphatic rings. The fourth-order valence-corrected chi connectivity index (χ4v) is 4.56. The quantitative estimate of drug-likeness (QED) is 0.335. The molecule has 0 aliphatic carbocycles. The van der Waals surface area contributed by atoms with E-state index in [9.17, 15) is 4.79 Å². The van der Waals surface area contributed by atoms with Crippen LogP contribution >= 0.6 is 11.3 Å². The number of thiazole rings is 1. The average molecular weight is 462 g/mol. The number of methoxy groups -OCH3 is 1. The van der Waals surface area contributed by atoms with Gasteiger partial charge in [0.25, 0.3) is 0 Å². The van der Waals surface area contributed by atoms with Crippen molar-refractivity contribution in [3.8, 4) is 22.1 Å². The molecule has 0 aliphatic heterocycles. The van der Waals surface area contributed by atoms with Crippen molar-refractivity contribution < 1.29 is 14.3 Å². The summed E-state index contributed by atoms with van der Waals surface area (Å²) in [6.07, 6.45) is 0.687. The predicted octanol–water partition coefficient (Wildman–Crippen LogP) is 6.04. The predicted molar refractivity (Wildman–Crippen MR) is 135 cm³/mol. The monoisotopic (exact) mass is 461 g/mol. The summed E-state index contributed by atoms with van der Waals surface area (Å²) < 4.78 is 12.1. The number of rotatable bonds is 8. The van der Waals surface area contributed by atoms with Crippen molar-refractivity contribution in [1.29, 1.82) is 0 Å². The van der Waals surface area contributed by atoms with Crippen LogP contribution < -0.4 is 20.1 Å². The van der Waals surface area contributed by atoms with Gasteiger partial charge in [-0.25, -0.2) is 9.78 Å². The van der Waals surface area contributed by atoms with E-state index in [1.54, 1.807) is 18.4 Å². The first kappa shape index (κ1) is 22.6. The highest BCUT2D eigenvalue weighted by molar-refractivity contribution is 7.21. The Hall–Kier alpha value is -3.58. The first-order valence-electron chi connectivity index (χ1n) is 10.9. The minimum Gasteiger partial charge on any atom is -0.493 e. The van der Waals surface area contributed by atoms with Crippen LogP contribution in [0.5, 0.6) is 11.5 Å². The molecule has 1 heterocycles. The molecule has 6 nitrogen and oxygen atoms in total. The summed E-state index contributed by atoms with van der Waals surface area (Å²) in [6.45, 7) is 5.11. The molecule has 0 saturated carbocycles. The molecule has 2 amide bonds. The number of carbonyl (C=O) groups excluding carboxylic acids is 1. The van der Waals surface area contributed by atoms with E-state index < -0.39 is 0 Å². The summed E-state index contributed by atoms with van der Waals surface area (Å²) in [5.74, 6) is 1.42. The number of ether oxygens (including phenoxy) is 2. The van der Waals surface area contributed by atoms with Gasteiger partial charge in [-0.2, -0.15) is 0 Å². The molecule has 7 heteroatoms. The SMILES string of the molecule is CCOc1ccc(CCNC(=O)Nc2ccc(-c3nc4ccc(C)cc4s3)cc2)cc1OC. The van der Waals surface area contributed by atoms with Crippen LogP contribution in [0.1, 0.15) is 18.1 Å². The van der Waals surface area contributed by atoms with Crippen molar-refractivity contribution >= 4 is 33.3 Å². The molecule has 0 fully saturated rings. The molecular formula is C26H27N3O3S. The number of urea groups is 1. The average Bonchev–Trinajstić information content (AvgIpc) is 3.23. The maximum atomic E-state index is 12.3. The van der Waals surface area contributed by atoms with Crippen LogP contribution in [0.4, 0.5) is 10.5 Å². The van der Waals surface area contributed by atoms with Gasteiger partial charge in [-0.1, -0.05) is 12.1 Å². The second-order valence-corrected chi connectivity index (χ2v) is 8.65. The van der Waals surface area contributed by atoms with Gasteiger partial charge in [0.05, 0.1) is 23.9 Å². The molecule has 2 N–H and O–H groups in total. The van der Waals surface area contributed by atoms with E-state index in [4.69, 9.17) is 14.5 Å². The Labute approximate surface area is 197 Å². The molecule has 0 unspecified atom stereocenters. The van der Waals surface area contributed by atoms with E-state index in [0.29, 0.717) is 25.3 Å². The number of anilines is 1. The summed E-state index contributed by atoms with van der Waals surface area (Å²) in [6, 6.07) is 19.6. The molecule has 4 aromatic rings. The number of nitrogens with one attached hydrogen (secondary N) is 2. The van der Waals surface area contributed by atoms with Crippen molar-refractivity contribution in [2.24, 2.45) is 0 Å². The zero-order valence-electron chi connectivity index (χ0n) is 19.0.